The van der Waals surface area contributed by atoms with Gasteiger partial charge in [0.05, 0.1) is 103 Å². The number of piperidine rings is 2. The van der Waals surface area contributed by atoms with Crippen LogP contribution in [0.15, 0.2) is 122 Å². The number of anilines is 9. The van der Waals surface area contributed by atoms with E-state index >= 15 is 0 Å². The maximum atomic E-state index is 14.8. The van der Waals surface area contributed by atoms with Crippen LogP contribution in [0, 0.1) is 17.5 Å². The van der Waals surface area contributed by atoms with E-state index in [1.165, 1.54) is 153 Å². The minimum absolute atomic E-state index is 0. The fourth-order valence-electron chi connectivity index (χ4n) is 10.8. The number of rotatable bonds is 28. The Morgan fingerprint density at radius 1 is 0.531 bits per heavy atom. The Labute approximate surface area is 691 Å². The van der Waals surface area contributed by atoms with Crippen molar-refractivity contribution in [1.29, 1.82) is 0 Å². The van der Waals surface area contributed by atoms with Gasteiger partial charge in [0, 0.05) is 58.0 Å². The molecule has 9 aromatic rings. The maximum absolute atomic E-state index is 14.8. The monoisotopic (exact) mass is 1700 g/mol. The SMILES string of the molecule is CCOP(=O)(OCC)C(F)C(=O)Cl.CCOP(=O)(OCC)C(F)C(=O)Nc1cc2c(Nc3ccc(F)c(Cl)c3)ncnc2cc1OC.COc1cc2ncnc(Nc3ccc(F)c(Cl)c3)c2cc1N.COc1cc2ncnc(Nc3ccc(F)c(Cl)c3)c2cc1NC(=O)C(F)=CCN1CCCCC1.O=CCN1CCCCC1.[H-].[Na+]. The number of aldehydes is 1. The molecule has 11 rings (SSSR count). The predicted octanol–water partition coefficient (Wildman–Crippen LogP) is 15.0. The Balaban J connectivity index is 0.000000271. The zero-order valence-corrected chi connectivity index (χ0v) is 69.5. The maximum Gasteiger partial charge on any atom is 1.00 e. The fourth-order valence-corrected chi connectivity index (χ4v) is 14.4. The predicted molar refractivity (Wildman–Crippen MR) is 423 cm³/mol. The van der Waals surface area contributed by atoms with Gasteiger partial charge in [-0.2, -0.15) is 0 Å². The van der Waals surface area contributed by atoms with Gasteiger partial charge in [-0.1, -0.05) is 47.6 Å². The van der Waals surface area contributed by atoms with Crippen molar-refractivity contribution < 1.29 is 118 Å². The molecule has 113 heavy (non-hydrogen) atoms. The number of nitrogen functional groups attached to an aromatic ring is 1. The van der Waals surface area contributed by atoms with E-state index in [4.69, 9.17) is 75.4 Å². The molecule has 2 unspecified atom stereocenters. The molecule has 27 nitrogen and oxygen atoms in total. The van der Waals surface area contributed by atoms with Gasteiger partial charge in [-0.15, -0.1) is 0 Å². The summed E-state index contributed by atoms with van der Waals surface area (Å²) in [6, 6.07) is 22.2. The molecular weight excluding hydrogens is 1620 g/mol. The molecule has 6 aromatic carbocycles. The first kappa shape index (κ1) is 93.8. The number of fused-ring (bicyclic) bond motifs is 3. The number of amides is 2. The molecule has 2 aliphatic heterocycles. The van der Waals surface area contributed by atoms with E-state index in [9.17, 15) is 54.7 Å². The third kappa shape index (κ3) is 27.3. The number of likely N-dealkylation sites (tertiary alicyclic amines) is 2. The van der Waals surface area contributed by atoms with Crippen LogP contribution in [0.3, 0.4) is 0 Å². The van der Waals surface area contributed by atoms with Crippen molar-refractivity contribution in [2.75, 3.05) is 119 Å². The molecular formula is C73H83Cl4F6N14NaO13P2. The van der Waals surface area contributed by atoms with Crippen molar-refractivity contribution in [3.05, 3.63) is 154 Å². The van der Waals surface area contributed by atoms with Gasteiger partial charge in [0.2, 0.25) is 0 Å². The van der Waals surface area contributed by atoms with Crippen molar-refractivity contribution in [2.45, 2.75) is 78.0 Å². The summed E-state index contributed by atoms with van der Waals surface area (Å²) < 4.78 is 141. The first-order valence-electron chi connectivity index (χ1n) is 34.7. The van der Waals surface area contributed by atoms with Gasteiger partial charge < -0.3 is 70.8 Å². The third-order valence-electron chi connectivity index (χ3n) is 16.1. The van der Waals surface area contributed by atoms with Crippen LogP contribution in [0.4, 0.5) is 77.9 Å². The van der Waals surface area contributed by atoms with Crippen LogP contribution in [-0.4, -0.2) is 162 Å². The molecule has 2 fully saturated rings. The van der Waals surface area contributed by atoms with Crippen molar-refractivity contribution in [1.82, 2.24) is 39.7 Å². The van der Waals surface area contributed by atoms with Crippen LogP contribution in [0.5, 0.6) is 17.2 Å². The average molecular weight is 1710 g/mol. The number of ether oxygens (including phenoxy) is 3. The molecule has 0 aliphatic carbocycles. The van der Waals surface area contributed by atoms with Gasteiger partial charge in [0.15, 0.2) is 5.83 Å². The fraction of sp³-hybridized carbons (Fsp3) is 0.342. The van der Waals surface area contributed by atoms with Crippen LogP contribution in [0.2, 0.25) is 15.1 Å². The molecule has 7 N–H and O–H groups in total. The smallest absolute Gasteiger partial charge is 1.00 e. The van der Waals surface area contributed by atoms with Crippen molar-refractivity contribution in [3.8, 4) is 17.2 Å². The minimum Gasteiger partial charge on any atom is -1.00 e. The standard InChI is InChI=1S/C24H24ClF2N5O2.C21H22ClF2N4O5P.C15H12ClFN4O.C7H13NO.C6H11ClFO4P.Na.H/c1-34-22-13-20-16(23(29-14-28-20)30-15-5-6-18(26)17(25)11-15)12-21(22)31-24(33)19(27)7-10-32-8-3-2-4-9-32;1-4-32-34(30,33-5-2)19(24)21(29)28-17-9-13-16(10-18(17)31-3)25-11-26-20(13)27-12-6-7-15(23)14(22)8-12;1-22-14-6-13-9(5-12(14)18)15(20-7-19-13)21-8-2-3-11(17)10(16)4-8;9-7-6-8-4-2-1-3-5-8;1-3-11-13(10,12-4-2)6(8)5(7)9;;/h5-7,11-14H,2-4,8-10H2,1H3,(H,31,33)(H,28,29,30);6-11,19H,4-5H2,1-3H3,(H,28,29)(H,25,26,27);2-7H,18H2,1H3,(H,19,20,21);7H,1-6H2;6H,3-4H2,1-2H3;;/q;;;;;+1;-1. The van der Waals surface area contributed by atoms with E-state index in [0.29, 0.717) is 92.1 Å². The largest absolute Gasteiger partial charge is 1.00 e. The summed E-state index contributed by atoms with van der Waals surface area (Å²) in [7, 11) is -4.01. The summed E-state index contributed by atoms with van der Waals surface area (Å²) in [6.45, 7) is 10.9. The number of alkyl halides is 2. The van der Waals surface area contributed by atoms with Gasteiger partial charge in [0.1, 0.15) is 77.4 Å². The van der Waals surface area contributed by atoms with Crippen molar-refractivity contribution in [2.24, 2.45) is 0 Å². The van der Waals surface area contributed by atoms with E-state index in [1.807, 2.05) is 0 Å². The Morgan fingerprint density at radius 3 is 1.24 bits per heavy atom. The van der Waals surface area contributed by atoms with Gasteiger partial charge in [0.25, 0.3) is 28.9 Å². The van der Waals surface area contributed by atoms with E-state index in [-0.39, 0.29) is 89.6 Å². The van der Waals surface area contributed by atoms with Crippen LogP contribution < -0.4 is 76.1 Å². The third-order valence-corrected chi connectivity index (χ3v) is 21.4. The van der Waals surface area contributed by atoms with Gasteiger partial charge in [-0.05, 0) is 170 Å². The zero-order chi connectivity index (χ0) is 81.7. The number of nitrogens with two attached hydrogens (primary N) is 1. The molecule has 2 aliphatic rings. The number of nitrogens with one attached hydrogen (secondary N) is 5. The topological polar surface area (TPSA) is 337 Å². The van der Waals surface area contributed by atoms with E-state index in [1.54, 1.807) is 37.4 Å². The Morgan fingerprint density at radius 2 is 0.885 bits per heavy atom. The van der Waals surface area contributed by atoms with Crippen LogP contribution >= 0.6 is 61.6 Å². The number of carbonyl (C=O) groups excluding carboxylic acids is 4. The number of hydrogen-bond donors (Lipinski definition) is 6. The van der Waals surface area contributed by atoms with Crippen LogP contribution in [0.1, 0.15) is 67.6 Å². The molecule has 2 amide bonds. The number of methoxy groups -OCH3 is 3. The molecule has 604 valence electrons. The number of aromatic nitrogens is 6. The Hall–Kier alpha value is -8.08. The quantitative estimate of drug-likeness (QED) is 0.00504. The number of nitrogens with zero attached hydrogens (tertiary/aromatic N) is 8. The summed E-state index contributed by atoms with van der Waals surface area (Å²) in [5.74, 6) is -7.27. The van der Waals surface area contributed by atoms with E-state index in [2.05, 4.69) is 75.3 Å². The first-order valence-corrected chi connectivity index (χ1v) is 39.4. The zero-order valence-electron chi connectivity index (χ0n) is 63.7. The molecule has 0 bridgehead atoms. The van der Waals surface area contributed by atoms with Gasteiger partial charge in [-0.3, -0.25) is 33.3 Å². The van der Waals surface area contributed by atoms with E-state index < -0.39 is 67.4 Å². The Bertz CT molecular complexity index is 4860. The molecule has 0 spiro atoms. The number of benzene rings is 6. The number of carbonyl (C=O) groups is 4. The second-order valence-corrected chi connectivity index (χ2v) is 29.5. The Kier molecular flexibility index (Phi) is 38.6. The number of halogens is 10. The summed E-state index contributed by atoms with van der Waals surface area (Å²) in [5, 5.41) is 14.3. The normalized spacial score (nSPS) is 13.6. The van der Waals surface area contributed by atoms with Gasteiger partial charge in [-0.25, -0.2) is 56.2 Å². The van der Waals surface area contributed by atoms with Crippen molar-refractivity contribution >= 4 is 169 Å². The van der Waals surface area contributed by atoms with Crippen molar-refractivity contribution in [3.63, 3.8) is 0 Å². The summed E-state index contributed by atoms with van der Waals surface area (Å²) >= 11 is 22.3. The van der Waals surface area contributed by atoms with Gasteiger partial charge >= 0.3 is 44.7 Å². The second kappa shape index (κ2) is 46.5. The molecule has 3 aromatic heterocycles. The minimum atomic E-state index is -4.34. The molecule has 5 heterocycles. The first-order chi connectivity index (χ1) is 53.6. The molecule has 0 radical (unpaired) electrons. The number of hydrogen-bond acceptors (Lipinski definition) is 25. The van der Waals surface area contributed by atoms with E-state index in [0.717, 1.165) is 50.7 Å². The molecule has 2 saturated heterocycles. The van der Waals surface area contributed by atoms with Crippen LogP contribution in [0.25, 0.3) is 32.7 Å². The summed E-state index contributed by atoms with van der Waals surface area (Å²) in [6.07, 6.45) is 13.6. The molecule has 40 heteroatoms. The average Bonchev–Trinajstić information content (AvgIpc) is 0.798. The summed E-state index contributed by atoms with van der Waals surface area (Å²) in [4.78, 5) is 75.1. The molecule has 0 saturated carbocycles. The summed E-state index contributed by atoms with van der Waals surface area (Å²) in [5.41, 5.74) is 9.95. The van der Waals surface area contributed by atoms with Crippen LogP contribution in [-0.2, 0) is 46.4 Å². The molecule has 2 atom stereocenters. The second-order valence-electron chi connectivity index (χ2n) is 23.8.